The molecule has 0 amide bonds. The summed E-state index contributed by atoms with van der Waals surface area (Å²) in [7, 11) is 0. The molecule has 2 saturated heterocycles. The Bertz CT molecular complexity index is 543. The van der Waals surface area contributed by atoms with Crippen LogP contribution in [0.25, 0.3) is 0 Å². The molecule has 10 heteroatoms. The number of carbonyl (C=O) groups excluding carboxylic acids is 2. The Balaban J connectivity index is 2.51. The van der Waals surface area contributed by atoms with Crippen LogP contribution in [0.1, 0.15) is 32.6 Å². The van der Waals surface area contributed by atoms with Crippen molar-refractivity contribution in [1.29, 1.82) is 0 Å². The lowest BCUT2D eigenvalue weighted by Crippen LogP contribution is -2.76. The summed E-state index contributed by atoms with van der Waals surface area (Å²) < 4.78 is 0. The summed E-state index contributed by atoms with van der Waals surface area (Å²) in [6, 6.07) is 0. The standard InChI is InChI=1S/C15H26ClN3O4S2/c1-4-10(16)15-9-13(17,5-7-24-2)11(20)22-19(15)23-12(21)14(15,18)6-8-25-3/h10H,4-9,17-18H2,1-3H3. The summed E-state index contributed by atoms with van der Waals surface area (Å²) in [5.41, 5.74) is 9.14. The molecule has 7 nitrogen and oxygen atoms in total. The topological polar surface area (TPSA) is 108 Å². The molecule has 4 unspecified atom stereocenters. The van der Waals surface area contributed by atoms with E-state index in [0.29, 0.717) is 30.8 Å². The van der Waals surface area contributed by atoms with E-state index in [1.807, 2.05) is 19.4 Å². The van der Waals surface area contributed by atoms with Crippen LogP contribution >= 0.6 is 35.1 Å². The van der Waals surface area contributed by atoms with Gasteiger partial charge in [-0.05, 0) is 43.3 Å². The van der Waals surface area contributed by atoms with Crippen molar-refractivity contribution >= 4 is 47.1 Å². The van der Waals surface area contributed by atoms with Gasteiger partial charge in [-0.2, -0.15) is 23.5 Å². The average Bonchev–Trinajstić information content (AvgIpc) is 2.79. The van der Waals surface area contributed by atoms with E-state index in [4.69, 9.17) is 32.7 Å². The number of hydrogen-bond donors (Lipinski definition) is 2. The van der Waals surface area contributed by atoms with Gasteiger partial charge in [-0.25, -0.2) is 9.59 Å². The van der Waals surface area contributed by atoms with E-state index in [1.165, 1.54) is 0 Å². The smallest absolute Gasteiger partial charge is 0.330 e. The molecular weight excluding hydrogens is 386 g/mol. The highest BCUT2D eigenvalue weighted by Crippen LogP contribution is 2.51. The first kappa shape index (κ1) is 21.1. The first-order valence-corrected chi connectivity index (χ1v) is 11.4. The molecule has 144 valence electrons. The van der Waals surface area contributed by atoms with Gasteiger partial charge in [0, 0.05) is 11.6 Å². The molecule has 0 aliphatic carbocycles. The Morgan fingerprint density at radius 1 is 1.16 bits per heavy atom. The number of nitrogens with zero attached hydrogens (tertiary/aromatic N) is 1. The molecule has 0 saturated carbocycles. The van der Waals surface area contributed by atoms with Crippen molar-refractivity contribution in [3.8, 4) is 0 Å². The van der Waals surface area contributed by atoms with Gasteiger partial charge >= 0.3 is 11.9 Å². The number of halogens is 1. The van der Waals surface area contributed by atoms with E-state index >= 15 is 0 Å². The SMILES string of the molecule is CCC(Cl)C12CC(N)(CCSC)C(=O)ON1OC(=O)C2(N)CCSC. The fourth-order valence-electron chi connectivity index (χ4n) is 3.52. The van der Waals surface area contributed by atoms with Gasteiger partial charge in [0.05, 0.1) is 5.38 Å². The van der Waals surface area contributed by atoms with Crippen LogP contribution in [0.2, 0.25) is 0 Å². The van der Waals surface area contributed by atoms with Crippen molar-refractivity contribution < 1.29 is 19.3 Å². The number of hydrogen-bond acceptors (Lipinski definition) is 9. The van der Waals surface area contributed by atoms with Crippen LogP contribution in [0.3, 0.4) is 0 Å². The van der Waals surface area contributed by atoms with Crippen LogP contribution in [0.15, 0.2) is 0 Å². The van der Waals surface area contributed by atoms with Gasteiger partial charge in [-0.1, -0.05) is 6.92 Å². The molecule has 0 aromatic carbocycles. The molecule has 0 bridgehead atoms. The number of carbonyl (C=O) groups is 2. The summed E-state index contributed by atoms with van der Waals surface area (Å²) >= 11 is 9.81. The number of rotatable bonds is 8. The third-order valence-corrected chi connectivity index (χ3v) is 7.01. The summed E-state index contributed by atoms with van der Waals surface area (Å²) in [6.45, 7) is 1.89. The molecule has 2 rings (SSSR count). The second-order valence-electron chi connectivity index (χ2n) is 6.60. The monoisotopic (exact) mass is 411 g/mol. The third-order valence-electron chi connectivity index (χ3n) is 5.12. The summed E-state index contributed by atoms with van der Waals surface area (Å²) in [5.74, 6) is 0.0598. The predicted octanol–water partition coefficient (Wildman–Crippen LogP) is 1.28. The Morgan fingerprint density at radius 2 is 1.72 bits per heavy atom. The Hall–Kier alpha value is -0.190. The van der Waals surface area contributed by atoms with Crippen molar-refractivity contribution in [2.45, 2.75) is 54.6 Å². The zero-order chi connectivity index (χ0) is 18.9. The Morgan fingerprint density at radius 3 is 2.28 bits per heavy atom. The molecule has 0 radical (unpaired) electrons. The Labute approximate surface area is 161 Å². The van der Waals surface area contributed by atoms with E-state index in [2.05, 4.69) is 0 Å². The van der Waals surface area contributed by atoms with Gasteiger partial charge in [0.1, 0.15) is 16.6 Å². The Kier molecular flexibility index (Phi) is 6.60. The van der Waals surface area contributed by atoms with E-state index < -0.39 is 33.9 Å². The predicted molar refractivity (Wildman–Crippen MR) is 101 cm³/mol. The zero-order valence-electron chi connectivity index (χ0n) is 14.7. The first-order valence-electron chi connectivity index (χ1n) is 8.16. The van der Waals surface area contributed by atoms with Crippen molar-refractivity contribution in [1.82, 2.24) is 5.23 Å². The maximum atomic E-state index is 12.6. The maximum Gasteiger partial charge on any atom is 0.351 e. The highest BCUT2D eigenvalue weighted by Gasteiger charge is 2.74. The van der Waals surface area contributed by atoms with Crippen LogP contribution in [0.4, 0.5) is 0 Å². The minimum Gasteiger partial charge on any atom is -0.330 e. The summed E-state index contributed by atoms with van der Waals surface area (Å²) in [5, 5.41) is 0.361. The average molecular weight is 412 g/mol. The molecule has 2 aliphatic heterocycles. The van der Waals surface area contributed by atoms with E-state index in [-0.39, 0.29) is 6.42 Å². The molecule has 0 spiro atoms. The van der Waals surface area contributed by atoms with Crippen LogP contribution in [-0.4, -0.2) is 63.2 Å². The van der Waals surface area contributed by atoms with Crippen LogP contribution < -0.4 is 11.5 Å². The van der Waals surface area contributed by atoms with E-state index in [9.17, 15) is 9.59 Å². The van der Waals surface area contributed by atoms with Crippen molar-refractivity contribution in [2.75, 3.05) is 24.0 Å². The van der Waals surface area contributed by atoms with Crippen molar-refractivity contribution in [3.63, 3.8) is 0 Å². The quantitative estimate of drug-likeness (QED) is 0.571. The lowest BCUT2D eigenvalue weighted by atomic mass is 9.66. The molecule has 2 fully saturated rings. The molecule has 2 heterocycles. The number of hydroxylamine groups is 2. The van der Waals surface area contributed by atoms with E-state index in [1.54, 1.807) is 23.5 Å². The minimum absolute atomic E-state index is 0.109. The maximum absolute atomic E-state index is 12.6. The van der Waals surface area contributed by atoms with Crippen LogP contribution in [0.5, 0.6) is 0 Å². The third kappa shape index (κ3) is 3.27. The molecule has 25 heavy (non-hydrogen) atoms. The van der Waals surface area contributed by atoms with Crippen molar-refractivity contribution in [2.24, 2.45) is 11.5 Å². The second-order valence-corrected chi connectivity index (χ2v) is 9.10. The summed E-state index contributed by atoms with van der Waals surface area (Å²) in [6.07, 6.45) is 5.25. The number of alkyl halides is 1. The molecule has 2 aliphatic rings. The number of thioether (sulfide) groups is 2. The molecule has 0 aromatic heterocycles. The second kappa shape index (κ2) is 7.82. The first-order chi connectivity index (χ1) is 11.7. The lowest BCUT2D eigenvalue weighted by Gasteiger charge is -2.51. The van der Waals surface area contributed by atoms with Gasteiger partial charge in [-0.15, -0.1) is 11.6 Å². The van der Waals surface area contributed by atoms with E-state index in [0.717, 1.165) is 5.23 Å². The van der Waals surface area contributed by atoms with Crippen LogP contribution in [0, 0.1) is 0 Å². The zero-order valence-corrected chi connectivity index (χ0v) is 17.1. The number of fused-ring (bicyclic) bond motifs is 1. The molecular formula is C15H26ClN3O4S2. The number of nitrogens with two attached hydrogens (primary N) is 2. The fourth-order valence-corrected chi connectivity index (χ4v) is 4.96. The molecule has 4 atom stereocenters. The van der Waals surface area contributed by atoms with Gasteiger partial charge in [0.2, 0.25) is 0 Å². The molecule has 0 aromatic rings. The lowest BCUT2D eigenvalue weighted by molar-refractivity contribution is -0.365. The highest BCUT2D eigenvalue weighted by atomic mass is 35.5. The van der Waals surface area contributed by atoms with Gasteiger partial charge < -0.3 is 21.1 Å². The van der Waals surface area contributed by atoms with Gasteiger partial charge in [0.25, 0.3) is 0 Å². The normalized spacial score (nSPS) is 36.7. The minimum atomic E-state index is -1.40. The van der Waals surface area contributed by atoms with Crippen molar-refractivity contribution in [3.05, 3.63) is 0 Å². The van der Waals surface area contributed by atoms with Gasteiger partial charge in [0.15, 0.2) is 0 Å². The fraction of sp³-hybridized carbons (Fsp3) is 0.867. The van der Waals surface area contributed by atoms with Gasteiger partial charge in [-0.3, -0.25) is 0 Å². The van der Waals surface area contributed by atoms with Crippen LogP contribution in [-0.2, 0) is 19.3 Å². The highest BCUT2D eigenvalue weighted by molar-refractivity contribution is 7.98. The largest absolute Gasteiger partial charge is 0.351 e. The molecule has 4 N–H and O–H groups in total. The summed E-state index contributed by atoms with van der Waals surface area (Å²) in [4.78, 5) is 35.7.